The Morgan fingerprint density at radius 2 is 1.97 bits per heavy atom. The normalized spacial score (nSPS) is 26.9. The molecule has 2 aromatic heterocycles. The van der Waals surface area contributed by atoms with Crippen LogP contribution >= 0.6 is 11.6 Å². The Morgan fingerprint density at radius 1 is 1.19 bits per heavy atom. The molecule has 10 heteroatoms. The van der Waals surface area contributed by atoms with Crippen molar-refractivity contribution in [2.24, 2.45) is 17.8 Å². The molecule has 9 nitrogen and oxygen atoms in total. The van der Waals surface area contributed by atoms with Crippen LogP contribution in [-0.4, -0.2) is 60.5 Å². The maximum Gasteiger partial charge on any atom is 0.309 e. The number of hydrogen-bond acceptors (Lipinski definition) is 8. The summed E-state index contributed by atoms with van der Waals surface area (Å²) in [5, 5.41) is 6.33. The van der Waals surface area contributed by atoms with Crippen LogP contribution in [0, 0.1) is 17.8 Å². The molecule has 5 rings (SSSR count). The molecule has 0 spiro atoms. The van der Waals surface area contributed by atoms with Gasteiger partial charge >= 0.3 is 5.97 Å². The zero-order valence-electron chi connectivity index (χ0n) is 17.9. The Morgan fingerprint density at radius 3 is 2.72 bits per heavy atom. The number of halogens is 1. The lowest BCUT2D eigenvalue weighted by Gasteiger charge is -2.38. The summed E-state index contributed by atoms with van der Waals surface area (Å²) in [5.74, 6) is 1.18. The van der Waals surface area contributed by atoms with E-state index in [2.05, 4.69) is 20.1 Å². The van der Waals surface area contributed by atoms with Crippen molar-refractivity contribution in [3.8, 4) is 5.88 Å². The second kappa shape index (κ2) is 8.61. The third-order valence-corrected chi connectivity index (χ3v) is 7.31. The number of esters is 1. The summed E-state index contributed by atoms with van der Waals surface area (Å²) in [7, 11) is 1.48. The van der Waals surface area contributed by atoms with Crippen LogP contribution in [-0.2, 0) is 9.53 Å². The van der Waals surface area contributed by atoms with E-state index < -0.39 is 5.56 Å². The number of aromatic nitrogens is 3. The van der Waals surface area contributed by atoms with Crippen LogP contribution in [0.3, 0.4) is 0 Å². The first kappa shape index (κ1) is 21.1. The van der Waals surface area contributed by atoms with Crippen molar-refractivity contribution in [2.45, 2.75) is 25.4 Å². The van der Waals surface area contributed by atoms with Crippen molar-refractivity contribution in [3.05, 3.63) is 39.9 Å². The molecular formula is C22H26ClN5O4. The van der Waals surface area contributed by atoms with Crippen LogP contribution < -0.4 is 20.1 Å². The molecule has 3 atom stereocenters. The number of piperidine rings is 1. The van der Waals surface area contributed by atoms with E-state index in [0.29, 0.717) is 29.9 Å². The standard InChI is InChI=1S/C22H26ClN5O4/c1-31-22(30)19-13-2-3-14(19)11-28(10-13)15-4-6-24-18(8-15)32-16-5-7-27(12-16)17-9-25-26-21(29)20(17)23/h4,6,8-9,13-14,16,19H,2-3,5,7,10-12H2,1H3,(H,26,29)/t13?,14?,16-,19?/m1/s1. The minimum atomic E-state index is -0.396. The Balaban J connectivity index is 1.24. The predicted molar refractivity (Wildman–Crippen MR) is 119 cm³/mol. The molecule has 3 aliphatic rings. The lowest BCUT2D eigenvalue weighted by molar-refractivity contribution is -0.148. The third-order valence-electron chi connectivity index (χ3n) is 6.94. The summed E-state index contributed by atoms with van der Waals surface area (Å²) in [6.07, 6.45) is 6.19. The third kappa shape index (κ3) is 3.90. The lowest BCUT2D eigenvalue weighted by Crippen LogP contribution is -2.45. The Kier molecular flexibility index (Phi) is 5.67. The van der Waals surface area contributed by atoms with Gasteiger partial charge in [0.05, 0.1) is 31.5 Å². The van der Waals surface area contributed by atoms with Gasteiger partial charge in [-0.15, -0.1) is 0 Å². The molecule has 2 aliphatic heterocycles. The van der Waals surface area contributed by atoms with Gasteiger partial charge in [-0.3, -0.25) is 9.59 Å². The molecule has 0 aromatic carbocycles. The van der Waals surface area contributed by atoms with Gasteiger partial charge in [0.1, 0.15) is 11.1 Å². The molecule has 2 unspecified atom stereocenters. The van der Waals surface area contributed by atoms with E-state index in [1.165, 1.54) is 7.11 Å². The molecular weight excluding hydrogens is 434 g/mol. The van der Waals surface area contributed by atoms with Crippen molar-refractivity contribution in [3.63, 3.8) is 0 Å². The van der Waals surface area contributed by atoms with Gasteiger partial charge in [-0.25, -0.2) is 10.1 Å². The number of carbonyl (C=O) groups is 1. The van der Waals surface area contributed by atoms with E-state index in [-0.39, 0.29) is 23.0 Å². The number of aromatic amines is 1. The van der Waals surface area contributed by atoms with Gasteiger partial charge in [0, 0.05) is 44.0 Å². The van der Waals surface area contributed by atoms with Gasteiger partial charge in [0.15, 0.2) is 0 Å². The van der Waals surface area contributed by atoms with Crippen molar-refractivity contribution in [1.82, 2.24) is 15.2 Å². The maximum absolute atomic E-state index is 12.2. The van der Waals surface area contributed by atoms with Crippen LogP contribution in [0.1, 0.15) is 19.3 Å². The molecule has 32 heavy (non-hydrogen) atoms. The van der Waals surface area contributed by atoms with Gasteiger partial charge in [0.25, 0.3) is 5.56 Å². The molecule has 0 amide bonds. The van der Waals surface area contributed by atoms with Crippen molar-refractivity contribution >= 4 is 28.9 Å². The van der Waals surface area contributed by atoms with Crippen molar-refractivity contribution < 1.29 is 14.3 Å². The smallest absolute Gasteiger partial charge is 0.309 e. The average molecular weight is 460 g/mol. The fourth-order valence-electron chi connectivity index (χ4n) is 5.42. The molecule has 170 valence electrons. The SMILES string of the molecule is COC(=O)C1C2CCC1CN(c1ccnc(O[C@@H]3CCN(c4cn[nH]c(=O)c4Cl)C3)c1)C2. The van der Waals surface area contributed by atoms with Crippen molar-refractivity contribution in [2.75, 3.05) is 43.1 Å². The first-order valence-corrected chi connectivity index (χ1v) is 11.3. The molecule has 2 bridgehead atoms. The average Bonchev–Trinajstić information content (AvgIpc) is 3.36. The first-order valence-electron chi connectivity index (χ1n) is 11.0. The molecule has 2 saturated heterocycles. The van der Waals surface area contributed by atoms with Crippen LogP contribution in [0.15, 0.2) is 29.3 Å². The van der Waals surface area contributed by atoms with Crippen LogP contribution in [0.4, 0.5) is 11.4 Å². The van der Waals surface area contributed by atoms with Crippen LogP contribution in [0.2, 0.25) is 5.02 Å². The highest BCUT2D eigenvalue weighted by molar-refractivity contribution is 6.33. The highest BCUT2D eigenvalue weighted by Gasteiger charge is 2.46. The first-order chi connectivity index (χ1) is 15.5. The Bertz CT molecular complexity index is 1050. The zero-order valence-corrected chi connectivity index (χ0v) is 18.6. The molecule has 1 N–H and O–H groups in total. The van der Waals surface area contributed by atoms with E-state index in [1.807, 2.05) is 17.0 Å². The fraction of sp³-hybridized carbons (Fsp3) is 0.545. The summed E-state index contributed by atoms with van der Waals surface area (Å²) in [6, 6.07) is 3.97. The van der Waals surface area contributed by atoms with Gasteiger partial charge in [-0.05, 0) is 30.7 Å². The van der Waals surface area contributed by atoms with E-state index in [4.69, 9.17) is 21.1 Å². The van der Waals surface area contributed by atoms with Crippen molar-refractivity contribution in [1.29, 1.82) is 0 Å². The maximum atomic E-state index is 12.2. The highest BCUT2D eigenvalue weighted by Crippen LogP contribution is 2.44. The number of methoxy groups -OCH3 is 1. The summed E-state index contributed by atoms with van der Waals surface area (Å²) < 4.78 is 11.2. The molecule has 1 saturated carbocycles. The summed E-state index contributed by atoms with van der Waals surface area (Å²) in [5.41, 5.74) is 1.28. The lowest BCUT2D eigenvalue weighted by atomic mass is 9.85. The minimum Gasteiger partial charge on any atom is -0.472 e. The molecule has 1 aliphatic carbocycles. The number of nitrogens with zero attached hydrogens (tertiary/aromatic N) is 4. The summed E-state index contributed by atoms with van der Waals surface area (Å²) in [4.78, 5) is 32.7. The number of nitrogens with one attached hydrogen (secondary N) is 1. The second-order valence-electron chi connectivity index (χ2n) is 8.78. The Labute approximate surface area is 190 Å². The molecule has 3 fully saturated rings. The monoisotopic (exact) mass is 459 g/mol. The molecule has 0 radical (unpaired) electrons. The Hall–Kier alpha value is -2.81. The number of hydrogen-bond donors (Lipinski definition) is 1. The quantitative estimate of drug-likeness (QED) is 0.678. The van der Waals surface area contributed by atoms with E-state index in [9.17, 15) is 9.59 Å². The highest BCUT2D eigenvalue weighted by atomic mass is 35.5. The van der Waals surface area contributed by atoms with Gasteiger partial charge < -0.3 is 19.3 Å². The number of pyridine rings is 1. The fourth-order valence-corrected chi connectivity index (χ4v) is 5.63. The van der Waals surface area contributed by atoms with Gasteiger partial charge in [-0.1, -0.05) is 11.6 Å². The number of H-pyrrole nitrogens is 1. The van der Waals surface area contributed by atoms with E-state index in [0.717, 1.165) is 44.6 Å². The topological polar surface area (TPSA) is 101 Å². The van der Waals surface area contributed by atoms with E-state index >= 15 is 0 Å². The predicted octanol–water partition coefficient (Wildman–Crippen LogP) is 2.11. The molecule has 2 aromatic rings. The minimum absolute atomic E-state index is 0.0183. The van der Waals surface area contributed by atoms with Gasteiger partial charge in [0.2, 0.25) is 5.88 Å². The number of fused-ring (bicyclic) bond motifs is 2. The number of ether oxygens (including phenoxy) is 2. The number of anilines is 2. The second-order valence-corrected chi connectivity index (χ2v) is 9.15. The number of rotatable bonds is 5. The zero-order chi connectivity index (χ0) is 22.2. The van der Waals surface area contributed by atoms with Crippen LogP contribution in [0.5, 0.6) is 5.88 Å². The van der Waals surface area contributed by atoms with E-state index in [1.54, 1.807) is 12.4 Å². The van der Waals surface area contributed by atoms with Gasteiger partial charge in [-0.2, -0.15) is 5.10 Å². The largest absolute Gasteiger partial charge is 0.472 e. The van der Waals surface area contributed by atoms with Crippen LogP contribution in [0.25, 0.3) is 0 Å². The molecule has 4 heterocycles. The number of carbonyl (C=O) groups excluding carboxylic acids is 1. The summed E-state index contributed by atoms with van der Waals surface area (Å²) in [6.45, 7) is 3.00. The summed E-state index contributed by atoms with van der Waals surface area (Å²) >= 11 is 6.14.